The molecule has 1 aromatic rings. The van der Waals surface area contributed by atoms with Crippen LogP contribution in [-0.2, 0) is 9.53 Å². The van der Waals surface area contributed by atoms with Crippen LogP contribution in [0, 0.1) is 5.82 Å². The summed E-state index contributed by atoms with van der Waals surface area (Å²) >= 11 is 0. The highest BCUT2D eigenvalue weighted by Crippen LogP contribution is 2.16. The van der Waals surface area contributed by atoms with Gasteiger partial charge in [-0.1, -0.05) is 0 Å². The lowest BCUT2D eigenvalue weighted by Gasteiger charge is -2.22. The van der Waals surface area contributed by atoms with Crippen LogP contribution in [0.1, 0.15) is 26.7 Å². The van der Waals surface area contributed by atoms with E-state index in [0.29, 0.717) is 5.75 Å². The molecule has 1 aliphatic rings. The lowest BCUT2D eigenvalue weighted by atomic mass is 10.1. The molecular weight excluding hydrogens is 261 g/mol. The maximum Gasteiger partial charge on any atom is 0.261 e. The van der Waals surface area contributed by atoms with Gasteiger partial charge in [-0.25, -0.2) is 4.39 Å². The van der Waals surface area contributed by atoms with E-state index in [1.54, 1.807) is 6.92 Å². The van der Waals surface area contributed by atoms with Gasteiger partial charge in [-0.2, -0.15) is 0 Å². The van der Waals surface area contributed by atoms with Crippen LogP contribution < -0.4 is 10.1 Å². The zero-order valence-corrected chi connectivity index (χ0v) is 11.8. The van der Waals surface area contributed by atoms with E-state index in [1.165, 1.54) is 24.3 Å². The van der Waals surface area contributed by atoms with Gasteiger partial charge in [-0.05, 0) is 51.0 Å². The fourth-order valence-corrected chi connectivity index (χ4v) is 2.20. The first kappa shape index (κ1) is 14.8. The van der Waals surface area contributed by atoms with E-state index >= 15 is 0 Å². The highest BCUT2D eigenvalue weighted by Gasteiger charge is 2.25. The zero-order valence-electron chi connectivity index (χ0n) is 11.8. The summed E-state index contributed by atoms with van der Waals surface area (Å²) in [6, 6.07) is 5.57. The van der Waals surface area contributed by atoms with Crippen LogP contribution in [-0.4, -0.2) is 30.8 Å². The molecular formula is C15H20FNO3. The minimum Gasteiger partial charge on any atom is -0.481 e. The molecule has 1 N–H and O–H groups in total. The molecule has 1 heterocycles. The van der Waals surface area contributed by atoms with Crippen LogP contribution in [0.15, 0.2) is 24.3 Å². The van der Waals surface area contributed by atoms with Crippen molar-refractivity contribution in [3.05, 3.63) is 30.1 Å². The van der Waals surface area contributed by atoms with Crippen molar-refractivity contribution < 1.29 is 18.7 Å². The normalized spacial score (nSPS) is 21.2. The van der Waals surface area contributed by atoms with Gasteiger partial charge in [0.2, 0.25) is 0 Å². The Hall–Kier alpha value is -1.62. The van der Waals surface area contributed by atoms with Gasteiger partial charge in [-0.3, -0.25) is 4.79 Å². The number of amides is 1. The molecule has 0 radical (unpaired) electrons. The summed E-state index contributed by atoms with van der Waals surface area (Å²) in [5.74, 6) is -0.0578. The topological polar surface area (TPSA) is 47.6 Å². The minimum absolute atomic E-state index is 0.0377. The third-order valence-corrected chi connectivity index (χ3v) is 3.39. The predicted molar refractivity (Wildman–Crippen MR) is 73.1 cm³/mol. The molecule has 2 rings (SSSR count). The molecule has 3 unspecified atom stereocenters. The van der Waals surface area contributed by atoms with E-state index < -0.39 is 6.10 Å². The van der Waals surface area contributed by atoms with Crippen LogP contribution in [0.25, 0.3) is 0 Å². The summed E-state index contributed by atoms with van der Waals surface area (Å²) in [6.45, 7) is 4.35. The smallest absolute Gasteiger partial charge is 0.261 e. The van der Waals surface area contributed by atoms with Crippen LogP contribution in [0.3, 0.4) is 0 Å². The number of hydrogen-bond donors (Lipinski definition) is 1. The number of carbonyl (C=O) groups is 1. The first-order valence-electron chi connectivity index (χ1n) is 6.90. The van der Waals surface area contributed by atoms with Gasteiger partial charge in [0.1, 0.15) is 11.6 Å². The Kier molecular flexibility index (Phi) is 4.95. The quantitative estimate of drug-likeness (QED) is 0.900. The van der Waals surface area contributed by atoms with E-state index in [9.17, 15) is 9.18 Å². The van der Waals surface area contributed by atoms with Gasteiger partial charge in [0.25, 0.3) is 5.91 Å². The van der Waals surface area contributed by atoms with Gasteiger partial charge >= 0.3 is 0 Å². The summed E-state index contributed by atoms with van der Waals surface area (Å²) in [4.78, 5) is 12.0. The third kappa shape index (κ3) is 3.93. The first-order chi connectivity index (χ1) is 9.56. The Bertz CT molecular complexity index is 443. The minimum atomic E-state index is -0.635. The van der Waals surface area contributed by atoms with Crippen molar-refractivity contribution in [2.75, 3.05) is 6.61 Å². The van der Waals surface area contributed by atoms with Crippen LogP contribution in [0.2, 0.25) is 0 Å². The molecule has 5 heteroatoms. The number of benzene rings is 1. The predicted octanol–water partition coefficient (Wildman–Crippen LogP) is 2.28. The van der Waals surface area contributed by atoms with Gasteiger partial charge in [0.15, 0.2) is 6.10 Å². The second kappa shape index (κ2) is 6.70. The Morgan fingerprint density at radius 1 is 1.40 bits per heavy atom. The molecule has 0 spiro atoms. The second-order valence-electron chi connectivity index (χ2n) is 5.06. The van der Waals surface area contributed by atoms with Crippen molar-refractivity contribution in [1.82, 2.24) is 5.32 Å². The number of ether oxygens (including phenoxy) is 2. The zero-order chi connectivity index (χ0) is 14.5. The highest BCUT2D eigenvalue weighted by atomic mass is 19.1. The van der Waals surface area contributed by atoms with Crippen LogP contribution in [0.5, 0.6) is 5.75 Å². The number of halogens is 1. The summed E-state index contributed by atoms with van der Waals surface area (Å²) in [6.07, 6.45) is 1.45. The Morgan fingerprint density at radius 2 is 2.10 bits per heavy atom. The molecule has 1 aromatic carbocycles. The van der Waals surface area contributed by atoms with Crippen molar-refractivity contribution >= 4 is 5.91 Å². The van der Waals surface area contributed by atoms with E-state index in [4.69, 9.17) is 9.47 Å². The molecule has 0 bridgehead atoms. The molecule has 0 saturated carbocycles. The molecule has 20 heavy (non-hydrogen) atoms. The maximum atomic E-state index is 12.8. The van der Waals surface area contributed by atoms with Gasteiger partial charge in [0, 0.05) is 6.61 Å². The molecule has 1 aliphatic heterocycles. The van der Waals surface area contributed by atoms with Crippen LogP contribution in [0.4, 0.5) is 4.39 Å². The molecule has 1 amide bonds. The average molecular weight is 281 g/mol. The average Bonchev–Trinajstić information content (AvgIpc) is 2.95. The fourth-order valence-electron chi connectivity index (χ4n) is 2.20. The molecule has 0 aromatic heterocycles. The van der Waals surface area contributed by atoms with Gasteiger partial charge in [-0.15, -0.1) is 0 Å². The highest BCUT2D eigenvalue weighted by molar-refractivity contribution is 5.81. The standard InChI is InChI=1S/C15H20FNO3/c1-10(14-4-3-9-19-14)17-15(18)11(2)20-13-7-5-12(16)6-8-13/h5-8,10-11,14H,3-4,9H2,1-2H3,(H,17,18). The summed E-state index contributed by atoms with van der Waals surface area (Å²) in [7, 11) is 0. The van der Waals surface area contributed by atoms with Gasteiger partial charge < -0.3 is 14.8 Å². The third-order valence-electron chi connectivity index (χ3n) is 3.39. The van der Waals surface area contributed by atoms with Crippen molar-refractivity contribution in [1.29, 1.82) is 0 Å². The lowest BCUT2D eigenvalue weighted by Crippen LogP contribution is -2.46. The summed E-state index contributed by atoms with van der Waals surface area (Å²) in [5.41, 5.74) is 0. The van der Waals surface area contributed by atoms with Crippen molar-refractivity contribution in [3.8, 4) is 5.75 Å². The Morgan fingerprint density at radius 3 is 2.70 bits per heavy atom. The number of hydrogen-bond acceptors (Lipinski definition) is 3. The van der Waals surface area contributed by atoms with Crippen molar-refractivity contribution in [2.45, 2.75) is 44.9 Å². The van der Waals surface area contributed by atoms with Crippen molar-refractivity contribution in [3.63, 3.8) is 0 Å². The fraction of sp³-hybridized carbons (Fsp3) is 0.533. The van der Waals surface area contributed by atoms with Crippen molar-refractivity contribution in [2.24, 2.45) is 0 Å². The molecule has 0 aliphatic carbocycles. The number of carbonyl (C=O) groups excluding carboxylic acids is 1. The largest absolute Gasteiger partial charge is 0.481 e. The van der Waals surface area contributed by atoms with Gasteiger partial charge in [0.05, 0.1) is 12.1 Å². The molecule has 110 valence electrons. The van der Waals surface area contributed by atoms with Crippen LogP contribution >= 0.6 is 0 Å². The summed E-state index contributed by atoms with van der Waals surface area (Å²) < 4.78 is 23.8. The maximum absolute atomic E-state index is 12.8. The monoisotopic (exact) mass is 281 g/mol. The van der Waals surface area contributed by atoms with E-state index in [0.717, 1.165) is 19.4 Å². The SMILES string of the molecule is CC(Oc1ccc(F)cc1)C(=O)NC(C)C1CCCO1. The molecule has 4 nitrogen and oxygen atoms in total. The molecule has 1 saturated heterocycles. The Labute approximate surface area is 118 Å². The lowest BCUT2D eigenvalue weighted by molar-refractivity contribution is -0.128. The number of nitrogens with one attached hydrogen (secondary N) is 1. The molecule has 3 atom stereocenters. The first-order valence-corrected chi connectivity index (χ1v) is 6.90. The van der Waals surface area contributed by atoms with E-state index in [-0.39, 0.29) is 23.9 Å². The Balaban J connectivity index is 1.83. The summed E-state index contributed by atoms with van der Waals surface area (Å²) in [5, 5.41) is 2.89. The van der Waals surface area contributed by atoms with E-state index in [1.807, 2.05) is 6.92 Å². The number of rotatable bonds is 5. The molecule has 1 fully saturated rings. The second-order valence-corrected chi connectivity index (χ2v) is 5.06. The van der Waals surface area contributed by atoms with E-state index in [2.05, 4.69) is 5.32 Å².